The van der Waals surface area contributed by atoms with Crippen LogP contribution in [0.3, 0.4) is 0 Å². The van der Waals surface area contributed by atoms with Crippen molar-refractivity contribution >= 4 is 27.5 Å². The van der Waals surface area contributed by atoms with E-state index in [0.717, 1.165) is 28.3 Å². The summed E-state index contributed by atoms with van der Waals surface area (Å²) in [4.78, 5) is 29.6. The lowest BCUT2D eigenvalue weighted by Gasteiger charge is -2.34. The quantitative estimate of drug-likeness (QED) is 0.163. The number of nitrogens with zero attached hydrogens (tertiary/aromatic N) is 2. The summed E-state index contributed by atoms with van der Waals surface area (Å²) < 4.78 is 48.4. The number of amides is 2. The number of hydrogen-bond acceptors (Lipinski definition) is 5. The lowest BCUT2D eigenvalue weighted by Crippen LogP contribution is -2.53. The van der Waals surface area contributed by atoms with Gasteiger partial charge in [0.25, 0.3) is 10.0 Å². The fourth-order valence-electron chi connectivity index (χ4n) is 4.96. The number of carbonyl (C=O) groups excluding carboxylic acids is 2. The molecule has 0 fully saturated rings. The molecule has 1 N–H and O–H groups in total. The number of benzene rings is 4. The summed E-state index contributed by atoms with van der Waals surface area (Å²) in [5.74, 6) is -0.866. The van der Waals surface area contributed by atoms with Crippen LogP contribution >= 0.6 is 0 Å². The highest BCUT2D eigenvalue weighted by molar-refractivity contribution is 7.92. The molecule has 0 heterocycles. The summed E-state index contributed by atoms with van der Waals surface area (Å²) in [5.41, 5.74) is 2.55. The van der Waals surface area contributed by atoms with Gasteiger partial charge < -0.3 is 15.0 Å². The van der Waals surface area contributed by atoms with Crippen molar-refractivity contribution in [1.82, 2.24) is 10.2 Å². The van der Waals surface area contributed by atoms with Gasteiger partial charge in [-0.15, -0.1) is 0 Å². The molecule has 0 saturated carbocycles. The fraction of sp³-hybridized carbons (Fsp3) is 0.278. The lowest BCUT2D eigenvalue weighted by atomic mass is 10.0. The van der Waals surface area contributed by atoms with E-state index < -0.39 is 34.3 Å². The van der Waals surface area contributed by atoms with E-state index in [1.165, 1.54) is 36.3 Å². The van der Waals surface area contributed by atoms with Gasteiger partial charge in [-0.05, 0) is 73.0 Å². The zero-order chi connectivity index (χ0) is 33.1. The first-order valence-corrected chi connectivity index (χ1v) is 16.7. The van der Waals surface area contributed by atoms with Gasteiger partial charge in [-0.25, -0.2) is 12.8 Å². The average molecular weight is 646 g/mol. The molecule has 0 radical (unpaired) electrons. The van der Waals surface area contributed by atoms with Crippen molar-refractivity contribution in [3.63, 3.8) is 0 Å². The topological polar surface area (TPSA) is 96.0 Å². The number of methoxy groups -OCH3 is 1. The molecule has 0 bridgehead atoms. The number of halogens is 1. The van der Waals surface area contributed by atoms with Crippen LogP contribution < -0.4 is 14.4 Å². The van der Waals surface area contributed by atoms with Gasteiger partial charge >= 0.3 is 0 Å². The van der Waals surface area contributed by atoms with Crippen LogP contribution in [-0.2, 0) is 32.6 Å². The van der Waals surface area contributed by atoms with Crippen molar-refractivity contribution in [2.75, 3.05) is 24.5 Å². The Labute approximate surface area is 270 Å². The van der Waals surface area contributed by atoms with E-state index in [2.05, 4.69) is 5.32 Å². The number of hydrogen-bond donors (Lipinski definition) is 1. The van der Waals surface area contributed by atoms with E-state index in [-0.39, 0.29) is 29.5 Å². The van der Waals surface area contributed by atoms with E-state index in [1.807, 2.05) is 44.2 Å². The third kappa shape index (κ3) is 8.94. The first-order valence-electron chi connectivity index (χ1n) is 15.2. The Kier molecular flexibility index (Phi) is 11.9. The van der Waals surface area contributed by atoms with Crippen LogP contribution in [0.15, 0.2) is 108 Å². The van der Waals surface area contributed by atoms with Gasteiger partial charge in [0.05, 0.1) is 17.7 Å². The summed E-state index contributed by atoms with van der Waals surface area (Å²) in [5, 5.41) is 2.95. The maximum atomic E-state index is 14.5. The number of carbonyl (C=O) groups is 2. The molecule has 0 saturated heterocycles. The third-order valence-electron chi connectivity index (χ3n) is 7.62. The zero-order valence-corrected chi connectivity index (χ0v) is 27.2. The van der Waals surface area contributed by atoms with E-state index >= 15 is 0 Å². The highest BCUT2D eigenvalue weighted by Crippen LogP contribution is 2.27. The maximum absolute atomic E-state index is 14.5. The van der Waals surface area contributed by atoms with E-state index in [0.29, 0.717) is 17.9 Å². The molecule has 0 aliphatic rings. The van der Waals surface area contributed by atoms with Crippen LogP contribution in [0.25, 0.3) is 0 Å². The molecular weight excluding hydrogens is 605 g/mol. The Bertz CT molecular complexity index is 1680. The number of aryl methyl sites for hydroxylation is 1. The fourth-order valence-corrected chi connectivity index (χ4v) is 6.38. The summed E-state index contributed by atoms with van der Waals surface area (Å²) in [6.45, 7) is 3.67. The predicted molar refractivity (Wildman–Crippen MR) is 178 cm³/mol. The van der Waals surface area contributed by atoms with Crippen LogP contribution in [0.2, 0.25) is 0 Å². The van der Waals surface area contributed by atoms with Crippen LogP contribution in [0.1, 0.15) is 36.5 Å². The Hall–Kier alpha value is -4.70. The number of sulfonamides is 1. The molecule has 8 nitrogen and oxygen atoms in total. The SMILES string of the molecule is CCCCNC(=O)[C@H](Cc1ccccc1)N(Cc1ccc(F)cc1)C(=O)CN(c1ccc(OC)cc1)S(=O)(=O)c1ccc(C)cc1. The number of anilines is 1. The third-order valence-corrected chi connectivity index (χ3v) is 9.40. The number of rotatable bonds is 15. The normalized spacial score (nSPS) is 11.8. The molecule has 46 heavy (non-hydrogen) atoms. The molecule has 0 unspecified atom stereocenters. The Balaban J connectivity index is 1.78. The molecule has 0 aliphatic heterocycles. The van der Waals surface area contributed by atoms with E-state index in [1.54, 1.807) is 48.5 Å². The van der Waals surface area contributed by atoms with Crippen molar-refractivity contribution in [2.24, 2.45) is 0 Å². The van der Waals surface area contributed by atoms with Crippen molar-refractivity contribution in [3.05, 3.63) is 126 Å². The minimum atomic E-state index is -4.23. The highest BCUT2D eigenvalue weighted by atomic mass is 32.2. The van der Waals surface area contributed by atoms with Gasteiger partial charge in [0, 0.05) is 19.5 Å². The van der Waals surface area contributed by atoms with Gasteiger partial charge in [0.1, 0.15) is 24.2 Å². The van der Waals surface area contributed by atoms with Crippen molar-refractivity contribution < 1.29 is 27.1 Å². The second-order valence-corrected chi connectivity index (χ2v) is 12.9. The van der Waals surface area contributed by atoms with E-state index in [9.17, 15) is 22.4 Å². The molecular formula is C36H40FN3O5S. The maximum Gasteiger partial charge on any atom is 0.264 e. The van der Waals surface area contributed by atoms with E-state index in [4.69, 9.17) is 4.74 Å². The molecule has 0 spiro atoms. The van der Waals surface area contributed by atoms with Gasteiger partial charge in [0.15, 0.2) is 0 Å². The van der Waals surface area contributed by atoms with Crippen LogP contribution in [0.4, 0.5) is 10.1 Å². The van der Waals surface area contributed by atoms with Gasteiger partial charge in [-0.1, -0.05) is 73.5 Å². The first kappa shape index (κ1) is 34.2. The molecule has 1 atom stereocenters. The number of nitrogens with one attached hydrogen (secondary N) is 1. The second kappa shape index (κ2) is 16.0. The smallest absolute Gasteiger partial charge is 0.264 e. The van der Waals surface area contributed by atoms with Crippen molar-refractivity contribution in [3.8, 4) is 5.75 Å². The molecule has 4 aromatic carbocycles. The summed E-state index contributed by atoms with van der Waals surface area (Å²) >= 11 is 0. The molecule has 0 aliphatic carbocycles. The summed E-state index contributed by atoms with van der Waals surface area (Å²) in [7, 11) is -2.72. The number of ether oxygens (including phenoxy) is 1. The van der Waals surface area contributed by atoms with Crippen molar-refractivity contribution in [2.45, 2.75) is 50.6 Å². The van der Waals surface area contributed by atoms with Crippen molar-refractivity contribution in [1.29, 1.82) is 0 Å². The van der Waals surface area contributed by atoms with Gasteiger partial charge in [-0.3, -0.25) is 13.9 Å². The minimum absolute atomic E-state index is 0.0185. The van der Waals surface area contributed by atoms with Crippen LogP contribution in [0, 0.1) is 12.7 Å². The van der Waals surface area contributed by atoms with Gasteiger partial charge in [-0.2, -0.15) is 0 Å². The molecule has 4 aromatic rings. The average Bonchev–Trinajstić information content (AvgIpc) is 3.06. The second-order valence-electron chi connectivity index (χ2n) is 11.0. The summed E-state index contributed by atoms with van der Waals surface area (Å²) in [6, 6.07) is 26.8. The Morgan fingerprint density at radius 1 is 0.870 bits per heavy atom. The molecule has 0 aromatic heterocycles. The van der Waals surface area contributed by atoms with Crippen LogP contribution in [-0.4, -0.2) is 51.4 Å². The first-order chi connectivity index (χ1) is 22.1. The molecule has 4 rings (SSSR count). The van der Waals surface area contributed by atoms with Gasteiger partial charge in [0.2, 0.25) is 11.8 Å². The van der Waals surface area contributed by atoms with Crippen LogP contribution in [0.5, 0.6) is 5.75 Å². The molecule has 242 valence electrons. The molecule has 2 amide bonds. The lowest BCUT2D eigenvalue weighted by molar-refractivity contribution is -0.140. The Morgan fingerprint density at radius 2 is 1.52 bits per heavy atom. The number of unbranched alkanes of at least 4 members (excludes halogenated alkanes) is 1. The standard InChI is InChI=1S/C36H40FN3O5S/c1-4-5-23-38-36(42)34(24-28-9-7-6-8-10-28)39(25-29-13-15-30(37)16-14-29)35(41)26-40(31-17-19-32(45-3)20-18-31)46(43,44)33-21-11-27(2)12-22-33/h6-22,34H,4-5,23-26H2,1-3H3,(H,38,42)/t34-/m0/s1. The largest absolute Gasteiger partial charge is 0.497 e. The monoisotopic (exact) mass is 645 g/mol. The predicted octanol–water partition coefficient (Wildman–Crippen LogP) is 5.89. The zero-order valence-electron chi connectivity index (χ0n) is 26.4. The minimum Gasteiger partial charge on any atom is -0.497 e. The highest BCUT2D eigenvalue weighted by Gasteiger charge is 2.34. The molecule has 10 heteroatoms. The summed E-state index contributed by atoms with van der Waals surface area (Å²) in [6.07, 6.45) is 1.82. The Morgan fingerprint density at radius 3 is 2.13 bits per heavy atom.